The van der Waals surface area contributed by atoms with E-state index in [1.165, 1.54) is 11.3 Å². The van der Waals surface area contributed by atoms with Crippen molar-refractivity contribution >= 4 is 22.9 Å². The number of anilines is 1. The van der Waals surface area contributed by atoms with Gasteiger partial charge >= 0.3 is 5.76 Å². The Labute approximate surface area is 132 Å². The van der Waals surface area contributed by atoms with Gasteiger partial charge in [-0.1, -0.05) is 11.2 Å². The SMILES string of the molecule is O=C(Cn1c(-c2cccs2)noc1=O)Nc1cc(F)ccc1F. The highest BCUT2D eigenvalue weighted by Gasteiger charge is 2.17. The zero-order chi connectivity index (χ0) is 16.4. The molecule has 23 heavy (non-hydrogen) atoms. The quantitative estimate of drug-likeness (QED) is 0.793. The molecule has 0 saturated heterocycles. The third-order valence-electron chi connectivity index (χ3n) is 2.93. The zero-order valence-electron chi connectivity index (χ0n) is 11.5. The fourth-order valence-corrected chi connectivity index (χ4v) is 2.63. The van der Waals surface area contributed by atoms with Crippen molar-refractivity contribution in [3.63, 3.8) is 0 Å². The highest BCUT2D eigenvalue weighted by Crippen LogP contribution is 2.21. The minimum atomic E-state index is -0.816. The van der Waals surface area contributed by atoms with Gasteiger partial charge in [0.1, 0.15) is 18.2 Å². The lowest BCUT2D eigenvalue weighted by atomic mass is 10.3. The molecule has 0 aliphatic heterocycles. The molecule has 0 unspecified atom stereocenters. The molecule has 2 heterocycles. The molecule has 0 atom stereocenters. The van der Waals surface area contributed by atoms with E-state index in [1.807, 2.05) is 0 Å². The molecule has 3 aromatic rings. The lowest BCUT2D eigenvalue weighted by Gasteiger charge is -2.07. The molecular formula is C14H9F2N3O3S. The molecule has 0 saturated carbocycles. The number of halogens is 2. The second-order valence-electron chi connectivity index (χ2n) is 4.51. The molecule has 9 heteroatoms. The van der Waals surface area contributed by atoms with E-state index in [9.17, 15) is 18.4 Å². The summed E-state index contributed by atoms with van der Waals surface area (Å²) in [6.07, 6.45) is 0. The van der Waals surface area contributed by atoms with Crippen LogP contribution in [0.25, 0.3) is 10.7 Å². The Morgan fingerprint density at radius 2 is 2.17 bits per heavy atom. The first-order chi connectivity index (χ1) is 11.0. The maximum atomic E-state index is 13.5. The van der Waals surface area contributed by atoms with Crippen molar-refractivity contribution in [1.29, 1.82) is 0 Å². The minimum absolute atomic E-state index is 0.194. The Morgan fingerprint density at radius 1 is 1.35 bits per heavy atom. The van der Waals surface area contributed by atoms with Crippen molar-refractivity contribution in [2.24, 2.45) is 0 Å². The van der Waals surface area contributed by atoms with Gasteiger partial charge in [-0.2, -0.15) is 0 Å². The van der Waals surface area contributed by atoms with E-state index in [0.717, 1.165) is 22.8 Å². The van der Waals surface area contributed by atoms with E-state index in [1.54, 1.807) is 17.5 Å². The van der Waals surface area contributed by atoms with Crippen LogP contribution in [0.4, 0.5) is 14.5 Å². The van der Waals surface area contributed by atoms with E-state index in [-0.39, 0.29) is 11.5 Å². The third kappa shape index (κ3) is 3.19. The van der Waals surface area contributed by atoms with Crippen LogP contribution in [0.3, 0.4) is 0 Å². The Bertz CT molecular complexity index is 902. The molecule has 0 radical (unpaired) electrons. The number of hydrogen-bond donors (Lipinski definition) is 1. The van der Waals surface area contributed by atoms with Crippen LogP contribution in [-0.4, -0.2) is 15.6 Å². The molecule has 1 aromatic carbocycles. The van der Waals surface area contributed by atoms with Crippen molar-refractivity contribution in [2.75, 3.05) is 5.32 Å². The van der Waals surface area contributed by atoms with Gasteiger partial charge in [0, 0.05) is 6.07 Å². The molecule has 1 N–H and O–H groups in total. The molecule has 0 aliphatic carbocycles. The summed E-state index contributed by atoms with van der Waals surface area (Å²) in [6, 6.07) is 6.15. The standard InChI is InChI=1S/C14H9F2N3O3S/c15-8-3-4-9(16)10(6-8)17-12(20)7-19-13(18-22-14(19)21)11-2-1-5-23-11/h1-6H,7H2,(H,17,20). The molecular weight excluding hydrogens is 328 g/mol. The van der Waals surface area contributed by atoms with Gasteiger partial charge in [0.25, 0.3) is 0 Å². The van der Waals surface area contributed by atoms with E-state index in [0.29, 0.717) is 4.88 Å². The summed E-state index contributed by atoms with van der Waals surface area (Å²) in [5.41, 5.74) is -0.308. The smallest absolute Gasteiger partial charge is 0.322 e. The topological polar surface area (TPSA) is 77.1 Å². The zero-order valence-corrected chi connectivity index (χ0v) is 12.3. The van der Waals surface area contributed by atoms with Crippen molar-refractivity contribution in [3.8, 4) is 10.7 Å². The van der Waals surface area contributed by atoms with Crippen molar-refractivity contribution < 1.29 is 18.1 Å². The highest BCUT2D eigenvalue weighted by molar-refractivity contribution is 7.13. The number of carbonyl (C=O) groups is 1. The van der Waals surface area contributed by atoms with Gasteiger partial charge in [-0.15, -0.1) is 11.3 Å². The van der Waals surface area contributed by atoms with Gasteiger partial charge in [0.2, 0.25) is 5.91 Å². The van der Waals surface area contributed by atoms with Crippen molar-refractivity contribution in [3.05, 3.63) is 57.9 Å². The lowest BCUT2D eigenvalue weighted by Crippen LogP contribution is -2.25. The number of aromatic nitrogens is 2. The number of benzene rings is 1. The molecule has 0 bridgehead atoms. The second-order valence-corrected chi connectivity index (χ2v) is 5.46. The summed E-state index contributed by atoms with van der Waals surface area (Å²) >= 11 is 1.32. The van der Waals surface area contributed by atoms with Gasteiger partial charge < -0.3 is 5.32 Å². The van der Waals surface area contributed by atoms with E-state index in [4.69, 9.17) is 0 Å². The molecule has 0 fully saturated rings. The fourth-order valence-electron chi connectivity index (χ4n) is 1.92. The van der Waals surface area contributed by atoms with E-state index < -0.39 is 29.8 Å². The summed E-state index contributed by atoms with van der Waals surface area (Å²) in [5.74, 6) is -2.81. The predicted octanol–water partition coefficient (Wildman–Crippen LogP) is 2.48. The number of nitrogens with zero attached hydrogens (tertiary/aromatic N) is 2. The molecule has 0 spiro atoms. The Morgan fingerprint density at radius 3 is 2.91 bits per heavy atom. The Balaban J connectivity index is 1.83. The summed E-state index contributed by atoms with van der Waals surface area (Å²) in [7, 11) is 0. The van der Waals surface area contributed by atoms with Crippen LogP contribution in [0.5, 0.6) is 0 Å². The average molecular weight is 337 g/mol. The van der Waals surface area contributed by atoms with Crippen LogP contribution in [0.1, 0.15) is 0 Å². The van der Waals surface area contributed by atoms with Gasteiger partial charge in [-0.25, -0.2) is 18.1 Å². The first-order valence-electron chi connectivity index (χ1n) is 6.40. The molecule has 6 nitrogen and oxygen atoms in total. The number of hydrogen-bond acceptors (Lipinski definition) is 5. The molecule has 1 amide bonds. The lowest BCUT2D eigenvalue weighted by molar-refractivity contribution is -0.116. The summed E-state index contributed by atoms with van der Waals surface area (Å²) in [6.45, 7) is -0.439. The van der Waals surface area contributed by atoms with Gasteiger partial charge in [-0.3, -0.25) is 9.32 Å². The summed E-state index contributed by atoms with van der Waals surface area (Å²) < 4.78 is 32.2. The Kier molecular flexibility index (Phi) is 4.02. The fraction of sp³-hybridized carbons (Fsp3) is 0.0714. The van der Waals surface area contributed by atoms with Gasteiger partial charge in [-0.05, 0) is 23.6 Å². The van der Waals surface area contributed by atoms with Crippen LogP contribution in [0, 0.1) is 11.6 Å². The normalized spacial score (nSPS) is 10.7. The largest absolute Gasteiger partial charge is 0.442 e. The Hall–Kier alpha value is -2.81. The van der Waals surface area contributed by atoms with Crippen molar-refractivity contribution in [1.82, 2.24) is 9.72 Å². The maximum absolute atomic E-state index is 13.5. The van der Waals surface area contributed by atoms with Crippen molar-refractivity contribution in [2.45, 2.75) is 6.54 Å². The summed E-state index contributed by atoms with van der Waals surface area (Å²) in [4.78, 5) is 24.3. The van der Waals surface area contributed by atoms with Crippen LogP contribution < -0.4 is 11.1 Å². The monoisotopic (exact) mass is 337 g/mol. The number of carbonyl (C=O) groups excluding carboxylic acids is 1. The average Bonchev–Trinajstić information content (AvgIpc) is 3.14. The van der Waals surface area contributed by atoms with Crippen LogP contribution in [0.2, 0.25) is 0 Å². The first-order valence-corrected chi connectivity index (χ1v) is 7.28. The van der Waals surface area contributed by atoms with E-state index >= 15 is 0 Å². The molecule has 118 valence electrons. The number of rotatable bonds is 4. The highest BCUT2D eigenvalue weighted by atomic mass is 32.1. The van der Waals surface area contributed by atoms with Crippen LogP contribution in [-0.2, 0) is 11.3 Å². The molecule has 2 aromatic heterocycles. The third-order valence-corrected chi connectivity index (χ3v) is 3.80. The van der Waals surface area contributed by atoms with E-state index in [2.05, 4.69) is 15.0 Å². The predicted molar refractivity (Wildman–Crippen MR) is 79.1 cm³/mol. The number of amides is 1. The maximum Gasteiger partial charge on any atom is 0.442 e. The van der Waals surface area contributed by atoms with Gasteiger partial charge in [0.15, 0.2) is 5.82 Å². The first kappa shape index (κ1) is 15.1. The number of thiophene rings is 1. The molecule has 0 aliphatic rings. The van der Waals surface area contributed by atoms with Crippen LogP contribution in [0.15, 0.2) is 45.0 Å². The van der Waals surface area contributed by atoms with Gasteiger partial charge in [0.05, 0.1) is 10.6 Å². The van der Waals surface area contributed by atoms with Crippen LogP contribution >= 0.6 is 11.3 Å². The molecule has 3 rings (SSSR count). The second kappa shape index (κ2) is 6.13. The summed E-state index contributed by atoms with van der Waals surface area (Å²) in [5, 5.41) is 7.61. The minimum Gasteiger partial charge on any atom is -0.322 e. The number of nitrogens with one attached hydrogen (secondary N) is 1.